The van der Waals surface area contributed by atoms with Crippen LogP contribution in [0.2, 0.25) is 0 Å². The molecule has 1 aromatic rings. The van der Waals surface area contributed by atoms with Crippen molar-refractivity contribution in [2.45, 2.75) is 37.3 Å². The van der Waals surface area contributed by atoms with Gasteiger partial charge in [-0.1, -0.05) is 26.8 Å². The van der Waals surface area contributed by atoms with E-state index in [1.165, 1.54) is 10.4 Å². The average molecular weight is 401 g/mol. The maximum Gasteiger partial charge on any atom is 0.251 e. The number of hydrogen-bond donors (Lipinski definition) is 1. The molecule has 0 atom stereocenters. The van der Waals surface area contributed by atoms with Crippen LogP contribution in [0.15, 0.2) is 23.1 Å². The molecule has 2 rings (SSSR count). The fourth-order valence-electron chi connectivity index (χ4n) is 2.57. The number of carbonyl (C=O) groups excluding carboxylic acids is 1. The maximum absolute atomic E-state index is 12.9. The zero-order valence-corrected chi connectivity index (χ0v) is 17.5. The number of sulfonamides is 1. The number of nitrogens with one attached hydrogen (secondary N) is 1. The Morgan fingerprint density at radius 2 is 1.92 bits per heavy atom. The van der Waals surface area contributed by atoms with Crippen molar-refractivity contribution in [2.75, 3.05) is 38.6 Å². The Bertz CT molecular complexity index is 736. The Morgan fingerprint density at radius 3 is 2.54 bits per heavy atom. The van der Waals surface area contributed by atoms with Gasteiger partial charge in [0.25, 0.3) is 5.91 Å². The lowest BCUT2D eigenvalue weighted by molar-refractivity contribution is 0.0730. The number of ether oxygens (including phenoxy) is 1. The molecule has 6 nitrogen and oxygen atoms in total. The lowest BCUT2D eigenvalue weighted by atomic mass is 10.1. The van der Waals surface area contributed by atoms with E-state index in [2.05, 4.69) is 26.1 Å². The minimum absolute atomic E-state index is 0.147. The van der Waals surface area contributed by atoms with Crippen LogP contribution in [0.25, 0.3) is 0 Å². The van der Waals surface area contributed by atoms with Crippen LogP contribution in [-0.4, -0.2) is 62.0 Å². The normalized spacial score (nSPS) is 16.5. The molecule has 1 amide bonds. The molecule has 0 aliphatic carbocycles. The van der Waals surface area contributed by atoms with Crippen molar-refractivity contribution in [2.24, 2.45) is 0 Å². The molecular weight excluding hydrogens is 372 g/mol. The first-order valence-corrected chi connectivity index (χ1v) is 11.1. The zero-order valence-electron chi connectivity index (χ0n) is 15.9. The van der Waals surface area contributed by atoms with Crippen molar-refractivity contribution in [1.29, 1.82) is 0 Å². The van der Waals surface area contributed by atoms with Gasteiger partial charge >= 0.3 is 0 Å². The molecule has 1 heterocycles. The average Bonchev–Trinajstić information content (AvgIpc) is 2.58. The smallest absolute Gasteiger partial charge is 0.251 e. The topological polar surface area (TPSA) is 75.7 Å². The molecule has 0 bridgehead atoms. The molecule has 0 radical (unpaired) electrons. The van der Waals surface area contributed by atoms with Crippen LogP contribution < -0.4 is 5.32 Å². The number of amides is 1. The predicted molar refractivity (Wildman–Crippen MR) is 105 cm³/mol. The zero-order chi connectivity index (χ0) is 19.4. The molecular formula is C18H28N2O4S2. The summed E-state index contributed by atoms with van der Waals surface area (Å²) in [4.78, 5) is 12.6. The monoisotopic (exact) mass is 400 g/mol. The van der Waals surface area contributed by atoms with E-state index < -0.39 is 10.0 Å². The summed E-state index contributed by atoms with van der Waals surface area (Å²) in [6.07, 6.45) is 0. The summed E-state index contributed by atoms with van der Waals surface area (Å²) >= 11 is 1.77. The standard InChI is InChI=1S/C18H28N2O4S2/c1-14-5-6-15(17(21)19-7-12-25-18(2,3)4)13-16(14)26(22,23)20-8-10-24-11-9-20/h5-6,13H,7-12H2,1-4H3,(H,19,21). The number of carbonyl (C=O) groups is 1. The molecule has 146 valence electrons. The van der Waals surface area contributed by atoms with Gasteiger partial charge in [-0.05, 0) is 24.6 Å². The van der Waals surface area contributed by atoms with Gasteiger partial charge in [0.1, 0.15) is 0 Å². The molecule has 0 aromatic heterocycles. The van der Waals surface area contributed by atoms with Gasteiger partial charge in [-0.25, -0.2) is 8.42 Å². The second-order valence-electron chi connectivity index (χ2n) is 7.21. The molecule has 0 unspecified atom stereocenters. The van der Waals surface area contributed by atoms with Crippen LogP contribution in [0, 0.1) is 6.92 Å². The Hall–Kier alpha value is -1.09. The van der Waals surface area contributed by atoms with Crippen molar-refractivity contribution < 1.29 is 17.9 Å². The molecule has 1 N–H and O–H groups in total. The van der Waals surface area contributed by atoms with Crippen LogP contribution in [-0.2, 0) is 14.8 Å². The van der Waals surface area contributed by atoms with Gasteiger partial charge < -0.3 is 10.1 Å². The molecule has 1 saturated heterocycles. The van der Waals surface area contributed by atoms with Crippen LogP contribution in [0.1, 0.15) is 36.7 Å². The van der Waals surface area contributed by atoms with E-state index in [9.17, 15) is 13.2 Å². The summed E-state index contributed by atoms with van der Waals surface area (Å²) in [7, 11) is -3.62. The predicted octanol–water partition coefficient (Wildman–Crippen LogP) is 2.28. The van der Waals surface area contributed by atoms with E-state index in [1.807, 2.05) is 0 Å². The molecule has 1 fully saturated rings. The van der Waals surface area contributed by atoms with E-state index in [0.29, 0.717) is 44.0 Å². The Labute approximate surface area is 160 Å². The van der Waals surface area contributed by atoms with Crippen LogP contribution in [0.4, 0.5) is 0 Å². The summed E-state index contributed by atoms with van der Waals surface area (Å²) in [5.41, 5.74) is 1.000. The number of aryl methyl sites for hydroxylation is 1. The number of hydrogen-bond acceptors (Lipinski definition) is 5. The third-order valence-electron chi connectivity index (χ3n) is 3.96. The molecule has 1 aromatic carbocycles. The highest BCUT2D eigenvalue weighted by Crippen LogP contribution is 2.23. The highest BCUT2D eigenvalue weighted by Gasteiger charge is 2.28. The summed E-state index contributed by atoms with van der Waals surface area (Å²) < 4.78 is 32.6. The highest BCUT2D eigenvalue weighted by atomic mass is 32.2. The third-order valence-corrected chi connectivity index (χ3v) is 7.28. The Morgan fingerprint density at radius 1 is 1.27 bits per heavy atom. The first-order valence-electron chi connectivity index (χ1n) is 8.72. The lowest BCUT2D eigenvalue weighted by Crippen LogP contribution is -2.41. The summed E-state index contributed by atoms with van der Waals surface area (Å²) in [5, 5.41) is 2.86. The molecule has 0 saturated carbocycles. The van der Waals surface area contributed by atoms with E-state index in [-0.39, 0.29) is 15.5 Å². The second-order valence-corrected chi connectivity index (χ2v) is 11.0. The van der Waals surface area contributed by atoms with Gasteiger partial charge in [-0.15, -0.1) is 0 Å². The van der Waals surface area contributed by atoms with Crippen molar-refractivity contribution in [3.8, 4) is 0 Å². The van der Waals surface area contributed by atoms with Crippen molar-refractivity contribution >= 4 is 27.7 Å². The second kappa shape index (κ2) is 8.73. The van der Waals surface area contributed by atoms with Crippen molar-refractivity contribution in [3.63, 3.8) is 0 Å². The number of nitrogens with zero attached hydrogens (tertiary/aromatic N) is 1. The summed E-state index contributed by atoms with van der Waals surface area (Å²) in [6, 6.07) is 4.83. The lowest BCUT2D eigenvalue weighted by Gasteiger charge is -2.26. The summed E-state index contributed by atoms with van der Waals surface area (Å²) in [5.74, 6) is 0.554. The third kappa shape index (κ3) is 5.70. The SMILES string of the molecule is Cc1ccc(C(=O)NCCSC(C)(C)C)cc1S(=O)(=O)N1CCOCC1. The molecule has 26 heavy (non-hydrogen) atoms. The summed E-state index contributed by atoms with van der Waals surface area (Å²) in [6.45, 7) is 10.1. The number of rotatable bonds is 6. The minimum atomic E-state index is -3.62. The number of benzene rings is 1. The number of morpholine rings is 1. The van der Waals surface area contributed by atoms with Gasteiger partial charge in [0.2, 0.25) is 10.0 Å². The quantitative estimate of drug-likeness (QED) is 0.742. The fourth-order valence-corrected chi connectivity index (χ4v) is 5.04. The molecule has 1 aliphatic rings. The fraction of sp³-hybridized carbons (Fsp3) is 0.611. The van der Waals surface area contributed by atoms with E-state index in [4.69, 9.17) is 4.74 Å². The van der Waals surface area contributed by atoms with Gasteiger partial charge in [-0.3, -0.25) is 4.79 Å². The van der Waals surface area contributed by atoms with E-state index in [0.717, 1.165) is 5.75 Å². The first kappa shape index (κ1) is 21.2. The largest absolute Gasteiger partial charge is 0.379 e. The Balaban J connectivity index is 2.10. The highest BCUT2D eigenvalue weighted by molar-refractivity contribution is 8.00. The van der Waals surface area contributed by atoms with Crippen molar-refractivity contribution in [3.05, 3.63) is 29.3 Å². The van der Waals surface area contributed by atoms with Crippen LogP contribution >= 0.6 is 11.8 Å². The molecule has 1 aliphatic heterocycles. The molecule has 8 heteroatoms. The van der Waals surface area contributed by atoms with Gasteiger partial charge in [0, 0.05) is 35.7 Å². The van der Waals surface area contributed by atoms with E-state index >= 15 is 0 Å². The van der Waals surface area contributed by atoms with Gasteiger partial charge in [-0.2, -0.15) is 16.1 Å². The minimum Gasteiger partial charge on any atom is -0.379 e. The number of thioether (sulfide) groups is 1. The first-order chi connectivity index (χ1) is 12.1. The van der Waals surface area contributed by atoms with Crippen LogP contribution in [0.3, 0.4) is 0 Å². The van der Waals surface area contributed by atoms with Crippen LogP contribution in [0.5, 0.6) is 0 Å². The van der Waals surface area contributed by atoms with Gasteiger partial charge in [0.15, 0.2) is 0 Å². The Kier molecular flexibility index (Phi) is 7.12. The van der Waals surface area contributed by atoms with Crippen molar-refractivity contribution in [1.82, 2.24) is 9.62 Å². The van der Waals surface area contributed by atoms with E-state index in [1.54, 1.807) is 30.8 Å². The maximum atomic E-state index is 12.9. The van der Waals surface area contributed by atoms with Gasteiger partial charge in [0.05, 0.1) is 18.1 Å². The molecule has 0 spiro atoms.